The minimum Gasteiger partial charge on any atom is -0.384 e. The highest BCUT2D eigenvalue weighted by molar-refractivity contribution is 7.09. The highest BCUT2D eigenvalue weighted by atomic mass is 32.1. The Labute approximate surface area is 162 Å². The van der Waals surface area contributed by atoms with Gasteiger partial charge in [0.05, 0.1) is 12.6 Å². The van der Waals surface area contributed by atoms with Crippen molar-refractivity contribution in [2.75, 3.05) is 13.2 Å². The number of nitrogens with one attached hydrogen (secondary N) is 2. The van der Waals surface area contributed by atoms with Crippen molar-refractivity contribution in [2.24, 2.45) is 5.16 Å². The molecule has 4 rings (SSSR count). The number of benzene rings is 1. The van der Waals surface area contributed by atoms with Gasteiger partial charge in [-0.15, -0.1) is 11.3 Å². The molecular weight excluding hydrogens is 362 g/mol. The summed E-state index contributed by atoms with van der Waals surface area (Å²) in [5.41, 5.74) is 0.880. The van der Waals surface area contributed by atoms with Crippen molar-refractivity contribution in [1.82, 2.24) is 10.6 Å². The van der Waals surface area contributed by atoms with Crippen LogP contribution in [0.1, 0.15) is 23.3 Å². The summed E-state index contributed by atoms with van der Waals surface area (Å²) in [6, 6.07) is 14.1. The second-order valence-electron chi connectivity index (χ2n) is 6.89. The third-order valence-corrected chi connectivity index (χ3v) is 5.87. The minimum absolute atomic E-state index is 0.0940. The Hall–Kier alpha value is -2.22. The summed E-state index contributed by atoms with van der Waals surface area (Å²) >= 11 is 1.73. The molecule has 1 aromatic carbocycles. The lowest BCUT2D eigenvalue weighted by Gasteiger charge is -2.38. The van der Waals surface area contributed by atoms with Crippen LogP contribution in [0.2, 0.25) is 0 Å². The lowest BCUT2D eigenvalue weighted by Crippen LogP contribution is -2.57. The number of nitrogens with zero attached hydrogens (tertiary/aromatic N) is 1. The van der Waals surface area contributed by atoms with Crippen LogP contribution >= 0.6 is 11.3 Å². The summed E-state index contributed by atoms with van der Waals surface area (Å²) in [5, 5.41) is 12.7. The Morgan fingerprint density at radius 2 is 2.11 bits per heavy atom. The Morgan fingerprint density at radius 3 is 2.93 bits per heavy atom. The van der Waals surface area contributed by atoms with Crippen molar-refractivity contribution in [3.8, 4) is 0 Å². The van der Waals surface area contributed by atoms with Crippen LogP contribution in [-0.4, -0.2) is 36.5 Å². The fourth-order valence-electron chi connectivity index (χ4n) is 3.49. The van der Waals surface area contributed by atoms with Gasteiger partial charge in [-0.25, -0.2) is 0 Å². The Kier molecular flexibility index (Phi) is 5.52. The number of carbonyl (C=O) groups is 1. The molecule has 2 atom stereocenters. The van der Waals surface area contributed by atoms with Crippen molar-refractivity contribution in [3.05, 3.63) is 58.3 Å². The van der Waals surface area contributed by atoms with E-state index in [1.54, 1.807) is 11.3 Å². The predicted octanol–water partition coefficient (Wildman–Crippen LogP) is 2.46. The summed E-state index contributed by atoms with van der Waals surface area (Å²) in [6.45, 7) is 2.38. The maximum atomic E-state index is 12.5. The molecule has 142 valence electrons. The molecule has 2 aliphatic rings. The standard InChI is InChI=1S/C20H23N3O3S/c24-19(22-12-15-5-2-1-3-6-15)17-11-20(26-23-17)14-25-9-8-18(20)21-13-16-7-4-10-27-16/h1-7,10,18,21H,8-9,11-14H2,(H,22,24). The topological polar surface area (TPSA) is 72.0 Å². The van der Waals surface area contributed by atoms with E-state index in [4.69, 9.17) is 9.57 Å². The van der Waals surface area contributed by atoms with Crippen LogP contribution in [0.3, 0.4) is 0 Å². The lowest BCUT2D eigenvalue weighted by atomic mass is 9.86. The third kappa shape index (κ3) is 4.21. The Morgan fingerprint density at radius 1 is 1.22 bits per heavy atom. The molecule has 6 nitrogen and oxygen atoms in total. The lowest BCUT2D eigenvalue weighted by molar-refractivity contribution is -0.131. The summed E-state index contributed by atoms with van der Waals surface area (Å²) in [6.07, 6.45) is 1.29. The molecule has 0 bridgehead atoms. The van der Waals surface area contributed by atoms with Gasteiger partial charge in [0.15, 0.2) is 5.60 Å². The van der Waals surface area contributed by atoms with Gasteiger partial charge in [0, 0.05) is 31.0 Å². The van der Waals surface area contributed by atoms with Gasteiger partial charge in [0.2, 0.25) is 0 Å². The van der Waals surface area contributed by atoms with E-state index in [2.05, 4.69) is 27.2 Å². The second kappa shape index (κ2) is 8.21. The molecule has 3 heterocycles. The molecule has 0 aliphatic carbocycles. The van der Waals surface area contributed by atoms with Gasteiger partial charge in [0.25, 0.3) is 5.91 Å². The number of ether oxygens (including phenoxy) is 1. The van der Waals surface area contributed by atoms with E-state index in [1.807, 2.05) is 36.4 Å². The van der Waals surface area contributed by atoms with E-state index >= 15 is 0 Å². The van der Waals surface area contributed by atoms with E-state index in [0.717, 1.165) is 18.5 Å². The van der Waals surface area contributed by atoms with Gasteiger partial charge in [-0.2, -0.15) is 0 Å². The maximum absolute atomic E-state index is 12.5. The number of hydrogen-bond acceptors (Lipinski definition) is 6. The molecule has 2 aliphatic heterocycles. The first kappa shape index (κ1) is 18.2. The largest absolute Gasteiger partial charge is 0.384 e. The molecular formula is C20H23N3O3S. The van der Waals surface area contributed by atoms with Gasteiger partial charge in [-0.1, -0.05) is 41.6 Å². The first-order chi connectivity index (χ1) is 13.3. The number of carbonyl (C=O) groups excluding carboxylic acids is 1. The SMILES string of the molecule is O=C(NCc1ccccc1)C1=NOC2(COCCC2NCc2cccs2)C1. The van der Waals surface area contributed by atoms with Gasteiger partial charge < -0.3 is 20.2 Å². The average Bonchev–Trinajstić information content (AvgIpc) is 3.37. The van der Waals surface area contributed by atoms with Crippen LogP contribution in [0, 0.1) is 0 Å². The number of rotatable bonds is 6. The first-order valence-corrected chi connectivity index (χ1v) is 10.0. The van der Waals surface area contributed by atoms with E-state index < -0.39 is 5.60 Å². The van der Waals surface area contributed by atoms with Gasteiger partial charge in [-0.05, 0) is 23.4 Å². The molecule has 27 heavy (non-hydrogen) atoms. The van der Waals surface area contributed by atoms with Crippen LogP contribution in [0.5, 0.6) is 0 Å². The minimum atomic E-state index is -0.602. The maximum Gasteiger partial charge on any atom is 0.269 e. The summed E-state index contributed by atoms with van der Waals surface area (Å²) in [5.74, 6) is -0.182. The van der Waals surface area contributed by atoms with E-state index in [1.165, 1.54) is 4.88 Å². The highest BCUT2D eigenvalue weighted by Gasteiger charge is 2.49. The molecule has 7 heteroatoms. The van der Waals surface area contributed by atoms with Crippen LogP contribution in [0.4, 0.5) is 0 Å². The fourth-order valence-corrected chi connectivity index (χ4v) is 4.15. The van der Waals surface area contributed by atoms with Crippen LogP contribution in [-0.2, 0) is 27.5 Å². The monoisotopic (exact) mass is 385 g/mol. The average molecular weight is 385 g/mol. The Balaban J connectivity index is 1.35. The van der Waals surface area contributed by atoms with Crippen molar-refractivity contribution in [1.29, 1.82) is 0 Å². The van der Waals surface area contributed by atoms with E-state index in [0.29, 0.717) is 31.9 Å². The molecule has 1 spiro atoms. The zero-order chi connectivity index (χ0) is 18.5. The predicted molar refractivity (Wildman–Crippen MR) is 105 cm³/mol. The van der Waals surface area contributed by atoms with E-state index in [9.17, 15) is 4.79 Å². The van der Waals surface area contributed by atoms with Gasteiger partial charge in [0.1, 0.15) is 5.71 Å². The van der Waals surface area contributed by atoms with Gasteiger partial charge in [-0.3, -0.25) is 4.79 Å². The number of thiophene rings is 1. The molecule has 2 N–H and O–H groups in total. The zero-order valence-corrected chi connectivity index (χ0v) is 15.8. The fraction of sp³-hybridized carbons (Fsp3) is 0.400. The molecule has 1 amide bonds. The summed E-state index contributed by atoms with van der Waals surface area (Å²) in [7, 11) is 0. The van der Waals surface area contributed by atoms with Gasteiger partial charge >= 0.3 is 0 Å². The Bertz CT molecular complexity index is 794. The number of amides is 1. The normalized spacial score (nSPS) is 24.4. The van der Waals surface area contributed by atoms with E-state index in [-0.39, 0.29) is 11.9 Å². The first-order valence-electron chi connectivity index (χ1n) is 9.16. The molecule has 2 unspecified atom stereocenters. The molecule has 0 radical (unpaired) electrons. The quantitative estimate of drug-likeness (QED) is 0.801. The van der Waals surface area contributed by atoms with Crippen LogP contribution < -0.4 is 10.6 Å². The van der Waals surface area contributed by atoms with Crippen LogP contribution in [0.25, 0.3) is 0 Å². The summed E-state index contributed by atoms with van der Waals surface area (Å²) < 4.78 is 5.66. The molecule has 1 fully saturated rings. The van der Waals surface area contributed by atoms with Crippen molar-refractivity contribution < 1.29 is 14.4 Å². The molecule has 2 aromatic rings. The molecule has 0 saturated carbocycles. The number of oxime groups is 1. The van der Waals surface area contributed by atoms with Crippen molar-refractivity contribution in [2.45, 2.75) is 37.6 Å². The summed E-state index contributed by atoms with van der Waals surface area (Å²) in [4.78, 5) is 19.6. The number of hydrogen-bond donors (Lipinski definition) is 2. The van der Waals surface area contributed by atoms with Crippen molar-refractivity contribution >= 4 is 23.0 Å². The highest BCUT2D eigenvalue weighted by Crippen LogP contribution is 2.33. The smallest absolute Gasteiger partial charge is 0.269 e. The second-order valence-corrected chi connectivity index (χ2v) is 7.93. The third-order valence-electron chi connectivity index (χ3n) is 5.00. The molecule has 1 aromatic heterocycles. The van der Waals surface area contributed by atoms with Crippen LogP contribution in [0.15, 0.2) is 53.0 Å². The molecule has 1 saturated heterocycles. The van der Waals surface area contributed by atoms with Crippen molar-refractivity contribution in [3.63, 3.8) is 0 Å². The zero-order valence-electron chi connectivity index (χ0n) is 15.0.